The maximum Gasteiger partial charge on any atom is 0.156 e. The molecule has 4 aromatic carbocycles. The summed E-state index contributed by atoms with van der Waals surface area (Å²) >= 11 is 1.74. The normalized spacial score (nSPS) is 18.7. The van der Waals surface area contributed by atoms with Crippen LogP contribution in [0.4, 0.5) is 0 Å². The van der Waals surface area contributed by atoms with E-state index < -0.39 is 7.14 Å². The summed E-state index contributed by atoms with van der Waals surface area (Å²) in [4.78, 5) is -0.0674. The zero-order valence-corrected chi connectivity index (χ0v) is 19.5. The van der Waals surface area contributed by atoms with E-state index in [9.17, 15) is 0 Å². The molecule has 0 saturated carbocycles. The van der Waals surface area contributed by atoms with Crippen LogP contribution in [-0.2, 0) is 4.57 Å². The van der Waals surface area contributed by atoms with E-state index in [0.29, 0.717) is 0 Å². The lowest BCUT2D eigenvalue weighted by molar-refractivity contribution is 0.578. The second kappa shape index (κ2) is 9.36. The Labute approximate surface area is 194 Å². The first-order valence-corrected chi connectivity index (χ1v) is 13.6. The third-order valence-electron chi connectivity index (χ3n) is 6.14. The number of thioether (sulfide) groups is 1. The van der Waals surface area contributed by atoms with Crippen molar-refractivity contribution in [3.05, 3.63) is 138 Å². The molecule has 1 heterocycles. The number of hydrogen-bond donors (Lipinski definition) is 0. The van der Waals surface area contributed by atoms with Crippen LogP contribution in [-0.4, -0.2) is 4.99 Å². The van der Waals surface area contributed by atoms with Gasteiger partial charge in [-0.3, -0.25) is 0 Å². The predicted octanol–water partition coefficient (Wildman–Crippen LogP) is 7.29. The van der Waals surface area contributed by atoms with Gasteiger partial charge in [0.15, 0.2) is 7.14 Å². The summed E-state index contributed by atoms with van der Waals surface area (Å²) in [5.41, 5.74) is 3.81. The quantitative estimate of drug-likeness (QED) is 0.296. The molecule has 1 nitrogen and oxygen atoms in total. The number of benzene rings is 4. The number of allylic oxidation sites excluding steroid dienone is 1. The molecule has 3 heteroatoms. The maximum absolute atomic E-state index is 15.1. The summed E-state index contributed by atoms with van der Waals surface area (Å²) in [7, 11) is -2.92. The zero-order chi connectivity index (χ0) is 21.8. The van der Waals surface area contributed by atoms with E-state index in [1.165, 1.54) is 16.7 Å². The van der Waals surface area contributed by atoms with Gasteiger partial charge in [-0.25, -0.2) is 0 Å². The molecule has 0 saturated heterocycles. The molecule has 0 spiro atoms. The summed E-state index contributed by atoms with van der Waals surface area (Å²) in [6, 6.07) is 41.3. The Morgan fingerprint density at radius 1 is 0.625 bits per heavy atom. The third-order valence-corrected chi connectivity index (χ3v) is 11.6. The first-order valence-electron chi connectivity index (χ1n) is 10.9. The monoisotopic (exact) mass is 452 g/mol. The Hall–Kier alpha value is -2.80. The summed E-state index contributed by atoms with van der Waals surface area (Å²) in [6.45, 7) is 0. The van der Waals surface area contributed by atoms with E-state index in [0.717, 1.165) is 17.0 Å². The average molecular weight is 453 g/mol. The predicted molar refractivity (Wildman–Crippen MR) is 139 cm³/mol. The molecule has 0 unspecified atom stereocenters. The fourth-order valence-electron chi connectivity index (χ4n) is 4.53. The van der Waals surface area contributed by atoms with Gasteiger partial charge in [0.2, 0.25) is 0 Å². The van der Waals surface area contributed by atoms with E-state index in [-0.39, 0.29) is 10.9 Å². The summed E-state index contributed by atoms with van der Waals surface area (Å²) in [5.74, 6) is 0.146. The van der Waals surface area contributed by atoms with E-state index in [1.807, 2.05) is 60.7 Å². The largest absolute Gasteiger partial charge is 0.312 e. The lowest BCUT2D eigenvalue weighted by Gasteiger charge is -2.37. The third kappa shape index (κ3) is 4.01. The summed E-state index contributed by atoms with van der Waals surface area (Å²) < 4.78 is 15.1. The molecule has 1 aliphatic rings. The first-order chi connectivity index (χ1) is 15.8. The van der Waals surface area contributed by atoms with E-state index in [1.54, 1.807) is 11.8 Å². The minimum absolute atomic E-state index is 0.0674. The Morgan fingerprint density at radius 2 is 1.09 bits per heavy atom. The van der Waals surface area contributed by atoms with Crippen molar-refractivity contribution in [3.8, 4) is 0 Å². The van der Waals surface area contributed by atoms with E-state index >= 15 is 4.57 Å². The van der Waals surface area contributed by atoms with Crippen LogP contribution in [0.5, 0.6) is 0 Å². The Kier molecular flexibility index (Phi) is 6.17. The zero-order valence-electron chi connectivity index (χ0n) is 17.7. The van der Waals surface area contributed by atoms with Gasteiger partial charge in [-0.2, -0.15) is 0 Å². The van der Waals surface area contributed by atoms with Crippen LogP contribution >= 0.6 is 18.9 Å². The molecule has 2 atom stereocenters. The molecule has 0 N–H and O–H groups in total. The molecular weight excluding hydrogens is 427 g/mol. The first kappa shape index (κ1) is 21.1. The van der Waals surface area contributed by atoms with Gasteiger partial charge in [-0.15, -0.1) is 11.8 Å². The highest BCUT2D eigenvalue weighted by Gasteiger charge is 2.44. The van der Waals surface area contributed by atoms with Gasteiger partial charge < -0.3 is 4.57 Å². The molecule has 0 amide bonds. The van der Waals surface area contributed by atoms with Gasteiger partial charge in [-0.05, 0) is 28.5 Å². The van der Waals surface area contributed by atoms with Gasteiger partial charge in [0.1, 0.15) is 0 Å². The molecule has 0 radical (unpaired) electrons. The van der Waals surface area contributed by atoms with Gasteiger partial charge in [-0.1, -0.05) is 121 Å². The van der Waals surface area contributed by atoms with Crippen LogP contribution in [0.3, 0.4) is 0 Å². The van der Waals surface area contributed by atoms with Gasteiger partial charge >= 0.3 is 0 Å². The van der Waals surface area contributed by atoms with Gasteiger partial charge in [0, 0.05) is 16.5 Å². The molecule has 158 valence electrons. The van der Waals surface area contributed by atoms with E-state index in [4.69, 9.17) is 0 Å². The lowest BCUT2D eigenvalue weighted by Crippen LogP contribution is -2.29. The second-order valence-corrected chi connectivity index (χ2v) is 12.4. The maximum atomic E-state index is 15.1. The highest BCUT2D eigenvalue weighted by molar-refractivity contribution is 8.11. The van der Waals surface area contributed by atoms with E-state index in [2.05, 4.69) is 66.1 Å². The standard InChI is InChI=1S/C29H25OPS/c30-31(26-17-9-3-10-18-26,27-19-11-4-12-20-27)29-28(24-15-7-2-8-16-24)21-25(22-32-29)23-13-5-1-6-14-23/h1-20,22,28-29H,21H2/t28-,29+/m1/s1. The average Bonchev–Trinajstić information content (AvgIpc) is 2.90. The highest BCUT2D eigenvalue weighted by atomic mass is 32.2. The fourth-order valence-corrected chi connectivity index (χ4v) is 10.0. The molecule has 0 aliphatic carbocycles. The topological polar surface area (TPSA) is 17.1 Å². The smallest absolute Gasteiger partial charge is 0.156 e. The molecule has 0 fully saturated rings. The summed E-state index contributed by atoms with van der Waals surface area (Å²) in [6.07, 6.45) is 0.870. The van der Waals surface area contributed by atoms with Crippen LogP contribution in [0.15, 0.2) is 127 Å². The van der Waals surface area contributed by atoms with Crippen LogP contribution < -0.4 is 10.6 Å². The van der Waals surface area contributed by atoms with Crippen LogP contribution in [0, 0.1) is 0 Å². The Morgan fingerprint density at radius 3 is 1.62 bits per heavy atom. The van der Waals surface area contributed by atoms with Crippen molar-refractivity contribution in [1.82, 2.24) is 0 Å². The van der Waals surface area contributed by atoms with Crippen molar-refractivity contribution in [1.29, 1.82) is 0 Å². The van der Waals surface area contributed by atoms with Crippen molar-refractivity contribution < 1.29 is 4.57 Å². The van der Waals surface area contributed by atoms with Gasteiger partial charge in [0.25, 0.3) is 0 Å². The fraction of sp³-hybridized carbons (Fsp3) is 0.103. The molecule has 32 heavy (non-hydrogen) atoms. The molecule has 0 bridgehead atoms. The van der Waals surface area contributed by atoms with Crippen LogP contribution in [0.25, 0.3) is 5.57 Å². The molecule has 1 aliphatic heterocycles. The van der Waals surface area contributed by atoms with Crippen molar-refractivity contribution in [2.45, 2.75) is 17.3 Å². The number of rotatable bonds is 5. The Balaban J connectivity index is 1.67. The molecule has 0 aromatic heterocycles. The molecule has 4 aromatic rings. The second-order valence-electron chi connectivity index (χ2n) is 8.09. The van der Waals surface area contributed by atoms with Crippen molar-refractivity contribution >= 4 is 35.1 Å². The SMILES string of the molecule is O=P(c1ccccc1)(c1ccccc1)[C@H]1SC=C(c2ccccc2)C[C@@H]1c1ccccc1. The minimum atomic E-state index is -2.92. The highest BCUT2D eigenvalue weighted by Crippen LogP contribution is 2.62. The summed E-state index contributed by atoms with van der Waals surface area (Å²) in [5, 5.41) is 4.11. The number of hydrogen-bond acceptors (Lipinski definition) is 2. The molecule has 5 rings (SSSR count). The van der Waals surface area contributed by atoms with Crippen molar-refractivity contribution in [2.24, 2.45) is 0 Å². The lowest BCUT2D eigenvalue weighted by atomic mass is 9.90. The van der Waals surface area contributed by atoms with Crippen molar-refractivity contribution in [3.63, 3.8) is 0 Å². The van der Waals surface area contributed by atoms with Crippen LogP contribution in [0.1, 0.15) is 23.5 Å². The van der Waals surface area contributed by atoms with Gasteiger partial charge in [0.05, 0.1) is 4.99 Å². The van der Waals surface area contributed by atoms with Crippen molar-refractivity contribution in [2.75, 3.05) is 0 Å². The molecular formula is C29H25OPS. The van der Waals surface area contributed by atoms with Crippen LogP contribution in [0.2, 0.25) is 0 Å². The minimum Gasteiger partial charge on any atom is -0.312 e. The Bertz CT molecular complexity index is 1190.